The first-order valence-electron chi connectivity index (χ1n) is 8.11. The molecule has 0 radical (unpaired) electrons. The molecule has 134 valence electrons. The van der Waals surface area contributed by atoms with Crippen molar-refractivity contribution in [1.29, 1.82) is 0 Å². The number of ether oxygens (including phenoxy) is 2. The van der Waals surface area contributed by atoms with Crippen molar-refractivity contribution in [1.82, 2.24) is 10.3 Å². The third kappa shape index (κ3) is 5.56. The fraction of sp³-hybridized carbons (Fsp3) is 0.389. The molecule has 25 heavy (non-hydrogen) atoms. The highest BCUT2D eigenvalue weighted by atomic mass is 32.1. The van der Waals surface area contributed by atoms with Gasteiger partial charge in [0.1, 0.15) is 11.6 Å². The molecule has 1 amide bonds. The molecule has 0 aliphatic heterocycles. The quantitative estimate of drug-likeness (QED) is 0.755. The lowest BCUT2D eigenvalue weighted by molar-refractivity contribution is 0.0520. The number of carbonyl (C=O) groups is 2. The Morgan fingerprint density at radius 2 is 1.92 bits per heavy atom. The monoisotopic (exact) mass is 362 g/mol. The number of hydrogen-bond donors (Lipinski definition) is 1. The summed E-state index contributed by atoms with van der Waals surface area (Å²) in [6, 6.07) is 9.12. The maximum Gasteiger partial charge on any atom is 0.408 e. The van der Waals surface area contributed by atoms with E-state index in [4.69, 9.17) is 9.47 Å². The number of nitrogens with zero attached hydrogens (tertiary/aromatic N) is 1. The fourth-order valence-electron chi connectivity index (χ4n) is 2.13. The van der Waals surface area contributed by atoms with Crippen LogP contribution < -0.4 is 5.32 Å². The van der Waals surface area contributed by atoms with E-state index in [9.17, 15) is 9.59 Å². The Bertz CT molecular complexity index is 700. The third-order valence-electron chi connectivity index (χ3n) is 3.43. The Morgan fingerprint density at radius 1 is 1.20 bits per heavy atom. The minimum absolute atomic E-state index is 0.0884. The van der Waals surface area contributed by atoms with E-state index in [1.54, 1.807) is 12.3 Å². The van der Waals surface area contributed by atoms with Crippen molar-refractivity contribution in [3.63, 3.8) is 0 Å². The van der Waals surface area contributed by atoms with Gasteiger partial charge in [0.25, 0.3) is 0 Å². The lowest BCUT2D eigenvalue weighted by Crippen LogP contribution is -2.32. The van der Waals surface area contributed by atoms with Gasteiger partial charge in [-0.3, -0.25) is 0 Å². The first-order chi connectivity index (χ1) is 12.0. The minimum atomic E-state index is -0.518. The SMILES string of the molecule is CCOC(=O)c1csc([C@H](NC(=O)OCc2ccccc2)C(C)C)n1. The lowest BCUT2D eigenvalue weighted by Gasteiger charge is -2.19. The van der Waals surface area contributed by atoms with E-state index in [0.717, 1.165) is 5.56 Å². The summed E-state index contributed by atoms with van der Waals surface area (Å²) in [7, 11) is 0. The molecule has 1 heterocycles. The zero-order chi connectivity index (χ0) is 18.2. The predicted octanol–water partition coefficient (Wildman–Crippen LogP) is 3.94. The Kier molecular flexibility index (Phi) is 6.94. The van der Waals surface area contributed by atoms with Crippen LogP contribution in [0.15, 0.2) is 35.7 Å². The van der Waals surface area contributed by atoms with Crippen LogP contribution in [0, 0.1) is 5.92 Å². The third-order valence-corrected chi connectivity index (χ3v) is 4.35. The molecule has 0 saturated carbocycles. The van der Waals surface area contributed by atoms with Gasteiger partial charge in [-0.1, -0.05) is 44.2 Å². The van der Waals surface area contributed by atoms with E-state index < -0.39 is 12.1 Å². The number of amides is 1. The Balaban J connectivity index is 1.98. The highest BCUT2D eigenvalue weighted by molar-refractivity contribution is 7.09. The number of benzene rings is 1. The van der Waals surface area contributed by atoms with Gasteiger partial charge in [-0.25, -0.2) is 14.6 Å². The summed E-state index contributed by atoms with van der Waals surface area (Å²) in [6.07, 6.45) is -0.518. The summed E-state index contributed by atoms with van der Waals surface area (Å²) in [4.78, 5) is 28.1. The van der Waals surface area contributed by atoms with Gasteiger partial charge in [0.15, 0.2) is 5.69 Å². The summed E-state index contributed by atoms with van der Waals surface area (Å²) in [5, 5.41) is 5.11. The van der Waals surface area contributed by atoms with E-state index in [0.29, 0.717) is 11.6 Å². The first kappa shape index (κ1) is 18.9. The summed E-state index contributed by atoms with van der Waals surface area (Å²) in [5.74, 6) is -0.371. The average molecular weight is 362 g/mol. The highest BCUT2D eigenvalue weighted by Crippen LogP contribution is 2.25. The van der Waals surface area contributed by atoms with Crippen LogP contribution in [0.3, 0.4) is 0 Å². The maximum absolute atomic E-state index is 12.1. The standard InChI is InChI=1S/C18H22N2O4S/c1-4-23-17(21)14-11-25-16(19-14)15(12(2)3)20-18(22)24-10-13-8-6-5-7-9-13/h5-9,11-12,15H,4,10H2,1-3H3,(H,20,22)/t15-/m1/s1. The largest absolute Gasteiger partial charge is 0.461 e. The molecule has 1 atom stereocenters. The van der Waals surface area contributed by atoms with Crippen molar-refractivity contribution in [3.8, 4) is 0 Å². The van der Waals surface area contributed by atoms with Crippen molar-refractivity contribution in [2.24, 2.45) is 5.92 Å². The Hall–Kier alpha value is -2.41. The van der Waals surface area contributed by atoms with Crippen LogP contribution in [0.2, 0.25) is 0 Å². The zero-order valence-electron chi connectivity index (χ0n) is 14.5. The van der Waals surface area contributed by atoms with Gasteiger partial charge in [0, 0.05) is 5.38 Å². The van der Waals surface area contributed by atoms with Crippen LogP contribution in [-0.4, -0.2) is 23.7 Å². The molecule has 0 aliphatic rings. The molecular weight excluding hydrogens is 340 g/mol. The molecular formula is C18H22N2O4S. The normalized spacial score (nSPS) is 11.8. The number of alkyl carbamates (subject to hydrolysis) is 1. The van der Waals surface area contributed by atoms with Crippen LogP contribution in [0.4, 0.5) is 4.79 Å². The second kappa shape index (κ2) is 9.17. The smallest absolute Gasteiger partial charge is 0.408 e. The number of esters is 1. The molecule has 6 nitrogen and oxygen atoms in total. The van der Waals surface area contributed by atoms with E-state index >= 15 is 0 Å². The fourth-order valence-corrected chi connectivity index (χ4v) is 3.14. The lowest BCUT2D eigenvalue weighted by atomic mass is 10.1. The van der Waals surface area contributed by atoms with Crippen molar-refractivity contribution >= 4 is 23.4 Å². The minimum Gasteiger partial charge on any atom is -0.461 e. The van der Waals surface area contributed by atoms with Gasteiger partial charge >= 0.3 is 12.1 Å². The van der Waals surface area contributed by atoms with Crippen molar-refractivity contribution in [3.05, 3.63) is 52.0 Å². The van der Waals surface area contributed by atoms with E-state index in [2.05, 4.69) is 10.3 Å². The first-order valence-corrected chi connectivity index (χ1v) is 8.99. The second-order valence-corrected chi connectivity index (χ2v) is 6.61. The number of rotatable bonds is 7. The molecule has 0 spiro atoms. The van der Waals surface area contributed by atoms with Crippen LogP contribution >= 0.6 is 11.3 Å². The Morgan fingerprint density at radius 3 is 2.56 bits per heavy atom. The number of aromatic nitrogens is 1. The van der Waals surface area contributed by atoms with Gasteiger partial charge in [0.2, 0.25) is 0 Å². The molecule has 0 aliphatic carbocycles. The van der Waals surface area contributed by atoms with Gasteiger partial charge in [-0.15, -0.1) is 11.3 Å². The molecule has 7 heteroatoms. The summed E-state index contributed by atoms with van der Waals surface area (Å²) in [6.45, 7) is 6.17. The molecule has 1 aromatic carbocycles. The maximum atomic E-state index is 12.1. The predicted molar refractivity (Wildman–Crippen MR) is 95.4 cm³/mol. The second-order valence-electron chi connectivity index (χ2n) is 5.72. The molecule has 1 aromatic heterocycles. The summed E-state index contributed by atoms with van der Waals surface area (Å²) in [5.41, 5.74) is 1.17. The van der Waals surface area contributed by atoms with Crippen molar-refractivity contribution in [2.45, 2.75) is 33.4 Å². The number of carbonyl (C=O) groups excluding carboxylic acids is 2. The van der Waals surface area contributed by atoms with Crippen molar-refractivity contribution < 1.29 is 19.1 Å². The van der Waals surface area contributed by atoms with Gasteiger partial charge in [-0.2, -0.15) is 0 Å². The van der Waals surface area contributed by atoms with E-state index in [1.165, 1.54) is 11.3 Å². The molecule has 0 saturated heterocycles. The summed E-state index contributed by atoms with van der Waals surface area (Å²) >= 11 is 1.31. The van der Waals surface area contributed by atoms with E-state index in [1.807, 2.05) is 44.2 Å². The molecule has 0 unspecified atom stereocenters. The molecule has 0 fully saturated rings. The summed E-state index contributed by atoms with van der Waals surface area (Å²) < 4.78 is 10.2. The number of hydrogen-bond acceptors (Lipinski definition) is 6. The van der Waals surface area contributed by atoms with Gasteiger partial charge in [-0.05, 0) is 18.4 Å². The Labute approximate surface area is 151 Å². The molecule has 1 N–H and O–H groups in total. The average Bonchev–Trinajstić information content (AvgIpc) is 3.08. The molecule has 2 aromatic rings. The van der Waals surface area contributed by atoms with Crippen LogP contribution in [0.1, 0.15) is 47.9 Å². The van der Waals surface area contributed by atoms with Crippen LogP contribution in [0.5, 0.6) is 0 Å². The van der Waals surface area contributed by atoms with Crippen molar-refractivity contribution in [2.75, 3.05) is 6.61 Å². The van der Waals surface area contributed by atoms with Crippen LogP contribution in [0.25, 0.3) is 0 Å². The number of thiazole rings is 1. The topological polar surface area (TPSA) is 77.5 Å². The van der Waals surface area contributed by atoms with Gasteiger partial charge in [0.05, 0.1) is 12.6 Å². The number of nitrogens with one attached hydrogen (secondary N) is 1. The molecule has 2 rings (SSSR count). The zero-order valence-corrected chi connectivity index (χ0v) is 15.3. The van der Waals surface area contributed by atoms with Gasteiger partial charge < -0.3 is 14.8 Å². The highest BCUT2D eigenvalue weighted by Gasteiger charge is 2.24. The van der Waals surface area contributed by atoms with Crippen LogP contribution in [-0.2, 0) is 16.1 Å². The molecule has 0 bridgehead atoms. The van der Waals surface area contributed by atoms with E-state index in [-0.39, 0.29) is 24.3 Å².